The fraction of sp³-hybridized carbons (Fsp3) is 0.600. The number of anilines is 1. The van der Waals surface area contributed by atoms with E-state index in [0.717, 1.165) is 18.7 Å². The number of hydrogen-bond donors (Lipinski definition) is 1. The van der Waals surface area contributed by atoms with Crippen LogP contribution in [0.3, 0.4) is 0 Å². The lowest BCUT2D eigenvalue weighted by Gasteiger charge is -2.32. The first-order valence-electron chi connectivity index (χ1n) is 6.83. The lowest BCUT2D eigenvalue weighted by molar-refractivity contribution is 0.199. The number of aliphatic hydroxyl groups is 1. The summed E-state index contributed by atoms with van der Waals surface area (Å²) in [6.45, 7) is 4.90. The number of benzene rings is 1. The first-order valence-corrected chi connectivity index (χ1v) is 6.83. The zero-order valence-corrected chi connectivity index (χ0v) is 11.2. The lowest BCUT2D eigenvalue weighted by Crippen LogP contribution is -2.33. The van der Waals surface area contributed by atoms with E-state index in [0.29, 0.717) is 11.6 Å². The van der Waals surface area contributed by atoms with Gasteiger partial charge in [-0.1, -0.05) is 12.8 Å². The van der Waals surface area contributed by atoms with Crippen LogP contribution in [-0.4, -0.2) is 17.7 Å². The molecule has 3 heteroatoms. The summed E-state index contributed by atoms with van der Waals surface area (Å²) < 4.78 is 13.3. The fourth-order valence-electron chi connectivity index (χ4n) is 2.75. The number of hydrogen-bond acceptors (Lipinski definition) is 2. The molecule has 0 radical (unpaired) electrons. The molecule has 1 heterocycles. The highest BCUT2D eigenvalue weighted by Gasteiger charge is 2.21. The van der Waals surface area contributed by atoms with Gasteiger partial charge in [0.25, 0.3) is 0 Å². The monoisotopic (exact) mass is 251 g/mol. The molecule has 1 N–H and O–H groups in total. The maximum absolute atomic E-state index is 13.3. The maximum Gasteiger partial charge on any atom is 0.123 e. The van der Waals surface area contributed by atoms with Crippen LogP contribution in [0.4, 0.5) is 10.1 Å². The third-order valence-corrected chi connectivity index (χ3v) is 3.80. The summed E-state index contributed by atoms with van der Waals surface area (Å²) in [4.78, 5) is 2.31. The molecule has 18 heavy (non-hydrogen) atoms. The predicted octanol–water partition coefficient (Wildman–Crippen LogP) is 3.65. The minimum Gasteiger partial charge on any atom is -0.389 e. The molecule has 2 atom stereocenters. The van der Waals surface area contributed by atoms with Gasteiger partial charge in [-0.05, 0) is 44.9 Å². The molecule has 1 saturated heterocycles. The van der Waals surface area contributed by atoms with Gasteiger partial charge in [-0.15, -0.1) is 0 Å². The van der Waals surface area contributed by atoms with Gasteiger partial charge in [-0.2, -0.15) is 0 Å². The molecule has 1 aromatic carbocycles. The highest BCUT2D eigenvalue weighted by atomic mass is 19.1. The Morgan fingerprint density at radius 2 is 2.11 bits per heavy atom. The van der Waals surface area contributed by atoms with E-state index in [-0.39, 0.29) is 5.82 Å². The Bertz CT molecular complexity index is 405. The second-order valence-electron chi connectivity index (χ2n) is 5.27. The quantitative estimate of drug-likeness (QED) is 0.867. The van der Waals surface area contributed by atoms with Crippen LogP contribution in [0.25, 0.3) is 0 Å². The summed E-state index contributed by atoms with van der Waals surface area (Å²) in [5.74, 6) is -0.280. The van der Waals surface area contributed by atoms with Crippen molar-refractivity contribution < 1.29 is 9.50 Å². The van der Waals surface area contributed by atoms with Crippen LogP contribution in [0, 0.1) is 5.82 Å². The van der Waals surface area contributed by atoms with Crippen LogP contribution in [0.15, 0.2) is 18.2 Å². The second-order valence-corrected chi connectivity index (χ2v) is 5.27. The van der Waals surface area contributed by atoms with Gasteiger partial charge in [-0.25, -0.2) is 4.39 Å². The smallest absolute Gasteiger partial charge is 0.123 e. The molecule has 100 valence electrons. The van der Waals surface area contributed by atoms with E-state index in [1.165, 1.54) is 31.4 Å². The van der Waals surface area contributed by atoms with Gasteiger partial charge in [-0.3, -0.25) is 0 Å². The van der Waals surface area contributed by atoms with E-state index in [1.807, 2.05) is 0 Å². The van der Waals surface area contributed by atoms with Crippen LogP contribution < -0.4 is 4.90 Å². The van der Waals surface area contributed by atoms with Crippen molar-refractivity contribution in [3.8, 4) is 0 Å². The van der Waals surface area contributed by atoms with Crippen LogP contribution >= 0.6 is 0 Å². The molecule has 2 rings (SSSR count). The number of rotatable bonds is 2. The van der Waals surface area contributed by atoms with Gasteiger partial charge in [0.05, 0.1) is 6.10 Å². The first-order chi connectivity index (χ1) is 8.59. The third-order valence-electron chi connectivity index (χ3n) is 3.80. The second kappa shape index (κ2) is 5.70. The molecule has 1 aliphatic rings. The van der Waals surface area contributed by atoms with Gasteiger partial charge in [0.1, 0.15) is 5.82 Å². The van der Waals surface area contributed by atoms with Crippen molar-refractivity contribution in [2.24, 2.45) is 0 Å². The molecule has 0 aromatic heterocycles. The molecule has 0 amide bonds. The average Bonchev–Trinajstić information content (AvgIpc) is 2.54. The Hall–Kier alpha value is -1.09. The zero-order chi connectivity index (χ0) is 13.1. The normalized spacial score (nSPS) is 22.7. The first kappa shape index (κ1) is 13.3. The maximum atomic E-state index is 13.3. The molecule has 0 spiro atoms. The van der Waals surface area contributed by atoms with Gasteiger partial charge < -0.3 is 10.0 Å². The SMILES string of the molecule is CC1CCCCCN1c1ccc(F)cc1[C@@H](C)O. The minimum atomic E-state index is -0.633. The Morgan fingerprint density at radius 1 is 1.33 bits per heavy atom. The topological polar surface area (TPSA) is 23.5 Å². The fourth-order valence-corrected chi connectivity index (χ4v) is 2.75. The Balaban J connectivity index is 2.36. The van der Waals surface area contributed by atoms with Crippen LogP contribution in [-0.2, 0) is 0 Å². The molecule has 1 fully saturated rings. The van der Waals surface area contributed by atoms with E-state index >= 15 is 0 Å². The highest BCUT2D eigenvalue weighted by Crippen LogP contribution is 2.31. The lowest BCUT2D eigenvalue weighted by atomic mass is 10.0. The van der Waals surface area contributed by atoms with Crippen molar-refractivity contribution in [3.05, 3.63) is 29.6 Å². The van der Waals surface area contributed by atoms with E-state index in [4.69, 9.17) is 0 Å². The summed E-state index contributed by atoms with van der Waals surface area (Å²) in [5, 5.41) is 9.82. The van der Waals surface area contributed by atoms with Gasteiger partial charge in [0.15, 0.2) is 0 Å². The number of aliphatic hydroxyl groups excluding tert-OH is 1. The molecule has 1 unspecified atom stereocenters. The molecule has 2 nitrogen and oxygen atoms in total. The van der Waals surface area contributed by atoms with Crippen LogP contribution in [0.2, 0.25) is 0 Å². The van der Waals surface area contributed by atoms with E-state index in [2.05, 4.69) is 11.8 Å². The highest BCUT2D eigenvalue weighted by molar-refractivity contribution is 5.55. The summed E-state index contributed by atoms with van der Waals surface area (Å²) >= 11 is 0. The summed E-state index contributed by atoms with van der Waals surface area (Å²) in [5.41, 5.74) is 1.68. The zero-order valence-electron chi connectivity index (χ0n) is 11.2. The largest absolute Gasteiger partial charge is 0.389 e. The summed E-state index contributed by atoms with van der Waals surface area (Å²) in [6, 6.07) is 5.20. The molecular weight excluding hydrogens is 229 g/mol. The molecular formula is C15H22FNO. The Kier molecular flexibility index (Phi) is 4.23. The van der Waals surface area contributed by atoms with Gasteiger partial charge in [0.2, 0.25) is 0 Å². The molecule has 1 aliphatic heterocycles. The Morgan fingerprint density at radius 3 is 2.83 bits per heavy atom. The van der Waals surface area contributed by atoms with E-state index < -0.39 is 6.10 Å². The van der Waals surface area contributed by atoms with Crippen LogP contribution in [0.1, 0.15) is 51.2 Å². The van der Waals surface area contributed by atoms with Crippen molar-refractivity contribution in [2.75, 3.05) is 11.4 Å². The van der Waals surface area contributed by atoms with Crippen molar-refractivity contribution in [1.29, 1.82) is 0 Å². The molecule has 0 bridgehead atoms. The molecule has 0 aliphatic carbocycles. The average molecular weight is 251 g/mol. The van der Waals surface area contributed by atoms with Gasteiger partial charge in [0, 0.05) is 23.8 Å². The molecule has 0 saturated carbocycles. The third kappa shape index (κ3) is 2.83. The van der Waals surface area contributed by atoms with Gasteiger partial charge >= 0.3 is 0 Å². The number of halogens is 1. The molecule has 1 aromatic rings. The predicted molar refractivity (Wildman–Crippen MR) is 72.3 cm³/mol. The van der Waals surface area contributed by atoms with E-state index in [1.54, 1.807) is 13.0 Å². The standard InChI is InChI=1S/C15H22FNO/c1-11-6-4-3-5-9-17(11)15-8-7-13(16)10-14(15)12(2)18/h7-8,10-12,18H,3-6,9H2,1-2H3/t11?,12-/m1/s1. The Labute approximate surface area is 108 Å². The summed E-state index contributed by atoms with van der Waals surface area (Å²) in [6.07, 6.45) is 4.21. The minimum absolute atomic E-state index is 0.280. The summed E-state index contributed by atoms with van der Waals surface area (Å²) in [7, 11) is 0. The van der Waals surface area contributed by atoms with Crippen molar-refractivity contribution in [1.82, 2.24) is 0 Å². The van der Waals surface area contributed by atoms with E-state index in [9.17, 15) is 9.50 Å². The van der Waals surface area contributed by atoms with Crippen LogP contribution in [0.5, 0.6) is 0 Å². The van der Waals surface area contributed by atoms with Crippen molar-refractivity contribution in [3.63, 3.8) is 0 Å². The van der Waals surface area contributed by atoms with Crippen molar-refractivity contribution in [2.45, 2.75) is 51.7 Å². The van der Waals surface area contributed by atoms with Crippen molar-refractivity contribution >= 4 is 5.69 Å². The number of nitrogens with zero attached hydrogens (tertiary/aromatic N) is 1.